The molecule has 0 spiro atoms. The van der Waals surface area contributed by atoms with Crippen molar-refractivity contribution >= 4 is 49.1 Å². The van der Waals surface area contributed by atoms with Gasteiger partial charge in [-0.3, -0.25) is 0 Å². The predicted octanol–water partition coefficient (Wildman–Crippen LogP) is 5.72. The molecule has 1 atom stereocenters. The second-order valence-electron chi connectivity index (χ2n) is 4.50. The molecule has 2 aromatic rings. The lowest BCUT2D eigenvalue weighted by Crippen LogP contribution is -2.29. The van der Waals surface area contributed by atoms with Gasteiger partial charge in [-0.25, -0.2) is 0 Å². The first kappa shape index (κ1) is 15.4. The van der Waals surface area contributed by atoms with Crippen molar-refractivity contribution in [1.29, 1.82) is 5.26 Å². The third-order valence-electron chi connectivity index (χ3n) is 2.94. The van der Waals surface area contributed by atoms with Gasteiger partial charge in [0.15, 0.2) is 0 Å². The first-order valence-corrected chi connectivity index (χ1v) is 7.81. The maximum Gasteiger partial charge on any atom is 0.148 e. The van der Waals surface area contributed by atoms with Crippen LogP contribution in [-0.4, -0.2) is 0 Å². The molecular formula is C15H11Br2ClN2. The van der Waals surface area contributed by atoms with Gasteiger partial charge >= 0.3 is 0 Å². The molecule has 0 amide bonds. The van der Waals surface area contributed by atoms with E-state index in [4.69, 9.17) is 11.6 Å². The van der Waals surface area contributed by atoms with Gasteiger partial charge < -0.3 is 5.32 Å². The first-order chi connectivity index (χ1) is 9.44. The Balaban J connectivity index is 2.37. The van der Waals surface area contributed by atoms with Gasteiger partial charge in [0.05, 0.1) is 11.1 Å². The minimum Gasteiger partial charge on any atom is -0.364 e. The summed E-state index contributed by atoms with van der Waals surface area (Å²) in [5.41, 5.74) is 0.891. The Bertz CT molecular complexity index is 682. The van der Waals surface area contributed by atoms with Crippen molar-refractivity contribution in [3.8, 4) is 6.07 Å². The minimum absolute atomic E-state index is 0.636. The van der Waals surface area contributed by atoms with E-state index in [1.165, 1.54) is 0 Å². The monoisotopic (exact) mass is 412 g/mol. The summed E-state index contributed by atoms with van der Waals surface area (Å²) in [6.45, 7) is 1.84. The standard InChI is InChI=1S/C15H11Br2ClN2/c1-15(9-19,10-3-2-4-11(16)7-10)20-12-5-6-14(18)13(17)8-12/h2-8,20H,1H3. The molecule has 1 N–H and O–H groups in total. The Hall–Kier alpha value is -1.02. The maximum absolute atomic E-state index is 9.55. The van der Waals surface area contributed by atoms with E-state index < -0.39 is 5.54 Å². The molecule has 2 aromatic carbocycles. The van der Waals surface area contributed by atoms with Crippen molar-refractivity contribution < 1.29 is 0 Å². The predicted molar refractivity (Wildman–Crippen MR) is 89.9 cm³/mol. The van der Waals surface area contributed by atoms with Crippen LogP contribution >= 0.6 is 43.5 Å². The molecule has 0 bridgehead atoms. The smallest absolute Gasteiger partial charge is 0.148 e. The molecule has 2 nitrogen and oxygen atoms in total. The molecule has 0 aliphatic carbocycles. The van der Waals surface area contributed by atoms with Gasteiger partial charge in [-0.2, -0.15) is 5.26 Å². The molecule has 1 unspecified atom stereocenters. The zero-order chi connectivity index (χ0) is 14.8. The molecule has 0 aliphatic heterocycles. The number of anilines is 1. The molecule has 0 aliphatic rings. The van der Waals surface area contributed by atoms with Crippen LogP contribution < -0.4 is 5.32 Å². The van der Waals surface area contributed by atoms with Crippen molar-refractivity contribution in [2.75, 3.05) is 5.32 Å². The van der Waals surface area contributed by atoms with E-state index in [0.717, 1.165) is 20.2 Å². The SMILES string of the molecule is CC(C#N)(Nc1ccc(Cl)c(Br)c1)c1cccc(Br)c1. The third kappa shape index (κ3) is 3.35. The molecule has 0 saturated carbocycles. The van der Waals surface area contributed by atoms with Crippen molar-refractivity contribution in [3.63, 3.8) is 0 Å². The van der Waals surface area contributed by atoms with Crippen LogP contribution in [-0.2, 0) is 5.54 Å². The van der Waals surface area contributed by atoms with Gasteiger partial charge in [-0.1, -0.05) is 39.7 Å². The van der Waals surface area contributed by atoms with Crippen LogP contribution in [0.4, 0.5) is 5.69 Å². The minimum atomic E-state index is -0.822. The lowest BCUT2D eigenvalue weighted by atomic mass is 9.93. The number of halogens is 3. The Kier molecular flexibility index (Phi) is 4.74. The molecule has 0 saturated heterocycles. The number of rotatable bonds is 3. The highest BCUT2D eigenvalue weighted by molar-refractivity contribution is 9.10. The normalized spacial score (nSPS) is 13.3. The van der Waals surface area contributed by atoms with Crippen molar-refractivity contribution in [3.05, 3.63) is 62.0 Å². The van der Waals surface area contributed by atoms with Gasteiger partial charge in [0.25, 0.3) is 0 Å². The van der Waals surface area contributed by atoms with Crippen LogP contribution in [0.1, 0.15) is 12.5 Å². The van der Waals surface area contributed by atoms with Crippen LogP contribution in [0, 0.1) is 11.3 Å². The lowest BCUT2D eigenvalue weighted by molar-refractivity contribution is 0.706. The average molecular weight is 415 g/mol. The zero-order valence-electron chi connectivity index (χ0n) is 10.6. The van der Waals surface area contributed by atoms with Crippen LogP contribution in [0.15, 0.2) is 51.4 Å². The Labute approximate surface area is 140 Å². The highest BCUT2D eigenvalue weighted by atomic mass is 79.9. The Morgan fingerprint density at radius 3 is 2.55 bits per heavy atom. The van der Waals surface area contributed by atoms with Gasteiger partial charge in [-0.15, -0.1) is 0 Å². The number of nitrogens with zero attached hydrogens (tertiary/aromatic N) is 1. The largest absolute Gasteiger partial charge is 0.364 e. The van der Waals surface area contributed by atoms with Gasteiger partial charge in [-0.05, 0) is 58.7 Å². The van der Waals surface area contributed by atoms with E-state index in [1.807, 2.05) is 43.3 Å². The summed E-state index contributed by atoms with van der Waals surface area (Å²) >= 11 is 12.8. The number of hydrogen-bond donors (Lipinski definition) is 1. The molecule has 102 valence electrons. The lowest BCUT2D eigenvalue weighted by Gasteiger charge is -2.25. The first-order valence-electron chi connectivity index (χ1n) is 5.85. The summed E-state index contributed by atoms with van der Waals surface area (Å²) < 4.78 is 1.73. The molecule has 2 rings (SSSR count). The van der Waals surface area contributed by atoms with E-state index in [9.17, 15) is 5.26 Å². The molecule has 0 radical (unpaired) electrons. The second-order valence-corrected chi connectivity index (χ2v) is 6.68. The fraction of sp³-hybridized carbons (Fsp3) is 0.133. The van der Waals surface area contributed by atoms with Crippen LogP contribution in [0.5, 0.6) is 0 Å². The molecule has 0 aromatic heterocycles. The molecule has 0 heterocycles. The second kappa shape index (κ2) is 6.17. The van der Waals surface area contributed by atoms with Crippen LogP contribution in [0.3, 0.4) is 0 Å². The zero-order valence-corrected chi connectivity index (χ0v) is 14.6. The molecule has 0 fully saturated rings. The quantitative estimate of drug-likeness (QED) is 0.698. The number of nitrogens with one attached hydrogen (secondary N) is 1. The van der Waals surface area contributed by atoms with Gasteiger partial charge in [0, 0.05) is 14.6 Å². The van der Waals surface area contributed by atoms with Crippen molar-refractivity contribution in [2.24, 2.45) is 0 Å². The van der Waals surface area contributed by atoms with E-state index in [2.05, 4.69) is 43.2 Å². The van der Waals surface area contributed by atoms with E-state index >= 15 is 0 Å². The van der Waals surface area contributed by atoms with Gasteiger partial charge in [0.2, 0.25) is 0 Å². The van der Waals surface area contributed by atoms with Gasteiger partial charge in [0.1, 0.15) is 5.54 Å². The molecular weight excluding hydrogens is 403 g/mol. The number of benzene rings is 2. The summed E-state index contributed by atoms with van der Waals surface area (Å²) in [6, 6.07) is 15.5. The fourth-order valence-electron chi connectivity index (χ4n) is 1.83. The van der Waals surface area contributed by atoms with E-state index in [-0.39, 0.29) is 0 Å². The number of hydrogen-bond acceptors (Lipinski definition) is 2. The summed E-state index contributed by atoms with van der Waals surface area (Å²) in [5, 5.41) is 13.4. The Morgan fingerprint density at radius 1 is 1.20 bits per heavy atom. The third-order valence-corrected chi connectivity index (χ3v) is 4.65. The van der Waals surface area contributed by atoms with Crippen LogP contribution in [0.2, 0.25) is 5.02 Å². The van der Waals surface area contributed by atoms with Crippen molar-refractivity contribution in [2.45, 2.75) is 12.5 Å². The average Bonchev–Trinajstić information content (AvgIpc) is 2.43. The Morgan fingerprint density at radius 2 is 1.95 bits per heavy atom. The maximum atomic E-state index is 9.55. The highest BCUT2D eigenvalue weighted by Crippen LogP contribution is 2.31. The number of nitriles is 1. The molecule has 5 heteroatoms. The topological polar surface area (TPSA) is 35.8 Å². The summed E-state index contributed by atoms with van der Waals surface area (Å²) in [4.78, 5) is 0. The summed E-state index contributed by atoms with van der Waals surface area (Å²) in [7, 11) is 0. The van der Waals surface area contributed by atoms with Crippen molar-refractivity contribution in [1.82, 2.24) is 0 Å². The van der Waals surface area contributed by atoms with Crippen LogP contribution in [0.25, 0.3) is 0 Å². The fourth-order valence-corrected chi connectivity index (χ4v) is 2.72. The highest BCUT2D eigenvalue weighted by Gasteiger charge is 2.26. The van der Waals surface area contributed by atoms with E-state index in [0.29, 0.717) is 5.02 Å². The van der Waals surface area contributed by atoms with E-state index in [1.54, 1.807) is 6.07 Å². The molecule has 20 heavy (non-hydrogen) atoms. The summed E-state index contributed by atoms with van der Waals surface area (Å²) in [6.07, 6.45) is 0. The summed E-state index contributed by atoms with van der Waals surface area (Å²) in [5.74, 6) is 0.